The van der Waals surface area contributed by atoms with Crippen molar-refractivity contribution in [3.63, 3.8) is 0 Å². The van der Waals surface area contributed by atoms with Crippen LogP contribution in [0.5, 0.6) is 0 Å². The molecule has 2 aliphatic rings. The van der Waals surface area contributed by atoms with Gasteiger partial charge >= 0.3 is 0 Å². The lowest BCUT2D eigenvalue weighted by molar-refractivity contribution is -0.125. The van der Waals surface area contributed by atoms with E-state index in [0.29, 0.717) is 5.56 Å². The van der Waals surface area contributed by atoms with Crippen molar-refractivity contribution in [3.8, 4) is 6.07 Å². The fourth-order valence-electron chi connectivity index (χ4n) is 4.25. The maximum Gasteiger partial charge on any atom is 0.245 e. The van der Waals surface area contributed by atoms with Gasteiger partial charge in [0.15, 0.2) is 0 Å². The Balaban J connectivity index is 1.45. The number of nitrogens with zero attached hydrogens (tertiary/aromatic N) is 7. The SMILES string of the molecule is Cc1cc(N2CCC[C@@H](N3CCN(c4ncccc4C#N)CC3)C2=O)n(C)n1. The molecule has 0 unspecified atom stereocenters. The number of aromatic nitrogens is 3. The molecule has 0 spiro atoms. The summed E-state index contributed by atoms with van der Waals surface area (Å²) in [6, 6.07) is 7.69. The van der Waals surface area contributed by atoms with Crippen LogP contribution < -0.4 is 9.80 Å². The van der Waals surface area contributed by atoms with E-state index in [1.807, 2.05) is 24.9 Å². The third kappa shape index (κ3) is 3.34. The fourth-order valence-corrected chi connectivity index (χ4v) is 4.25. The Kier molecular flexibility index (Phi) is 5.01. The summed E-state index contributed by atoms with van der Waals surface area (Å²) in [5.74, 6) is 1.78. The van der Waals surface area contributed by atoms with E-state index >= 15 is 0 Å². The van der Waals surface area contributed by atoms with Gasteiger partial charge in [-0.15, -0.1) is 0 Å². The van der Waals surface area contributed by atoms with Gasteiger partial charge in [-0.1, -0.05) is 0 Å². The van der Waals surface area contributed by atoms with Crippen LogP contribution in [-0.4, -0.2) is 64.3 Å². The third-order valence-corrected chi connectivity index (χ3v) is 5.63. The molecule has 0 N–H and O–H groups in total. The van der Waals surface area contributed by atoms with Crippen LogP contribution in [0.2, 0.25) is 0 Å². The highest BCUT2D eigenvalue weighted by Gasteiger charge is 2.36. The van der Waals surface area contributed by atoms with Crippen LogP contribution in [-0.2, 0) is 11.8 Å². The van der Waals surface area contributed by atoms with Crippen LogP contribution >= 0.6 is 0 Å². The number of anilines is 2. The lowest BCUT2D eigenvalue weighted by Crippen LogP contribution is -2.58. The number of carbonyl (C=O) groups excluding carboxylic acids is 1. The predicted molar refractivity (Wildman–Crippen MR) is 106 cm³/mol. The number of carbonyl (C=O) groups is 1. The monoisotopic (exact) mass is 379 g/mol. The highest BCUT2D eigenvalue weighted by molar-refractivity contribution is 5.97. The van der Waals surface area contributed by atoms with Gasteiger partial charge < -0.3 is 4.90 Å². The van der Waals surface area contributed by atoms with Gasteiger partial charge in [-0.2, -0.15) is 10.4 Å². The number of aryl methyl sites for hydroxylation is 2. The molecule has 4 heterocycles. The molecule has 0 radical (unpaired) electrons. The minimum atomic E-state index is -0.0923. The van der Waals surface area contributed by atoms with E-state index in [-0.39, 0.29) is 11.9 Å². The largest absolute Gasteiger partial charge is 0.353 e. The molecule has 28 heavy (non-hydrogen) atoms. The Hall–Kier alpha value is -2.92. The molecule has 8 heteroatoms. The summed E-state index contributed by atoms with van der Waals surface area (Å²) in [5, 5.41) is 13.7. The first-order chi connectivity index (χ1) is 13.6. The molecule has 2 aromatic rings. The molecule has 0 bridgehead atoms. The van der Waals surface area contributed by atoms with Gasteiger partial charge in [0.2, 0.25) is 5.91 Å². The Bertz CT molecular complexity index is 908. The maximum atomic E-state index is 13.2. The van der Waals surface area contributed by atoms with E-state index in [0.717, 1.165) is 62.9 Å². The van der Waals surface area contributed by atoms with Crippen molar-refractivity contribution in [1.29, 1.82) is 5.26 Å². The van der Waals surface area contributed by atoms with Gasteiger partial charge in [0.05, 0.1) is 17.3 Å². The summed E-state index contributed by atoms with van der Waals surface area (Å²) in [4.78, 5) is 23.9. The average Bonchev–Trinajstić information content (AvgIpc) is 3.06. The zero-order valence-electron chi connectivity index (χ0n) is 16.4. The smallest absolute Gasteiger partial charge is 0.245 e. The summed E-state index contributed by atoms with van der Waals surface area (Å²) in [6.45, 7) is 5.79. The molecule has 2 aliphatic heterocycles. The summed E-state index contributed by atoms with van der Waals surface area (Å²) in [5.41, 5.74) is 1.52. The number of piperazine rings is 1. The number of hydrogen-bond acceptors (Lipinski definition) is 6. The Labute approximate surface area is 165 Å². The van der Waals surface area contributed by atoms with E-state index in [2.05, 4.69) is 26.0 Å². The molecular weight excluding hydrogens is 354 g/mol. The van der Waals surface area contributed by atoms with E-state index < -0.39 is 0 Å². The van der Waals surface area contributed by atoms with Crippen LogP contribution in [0.15, 0.2) is 24.4 Å². The van der Waals surface area contributed by atoms with Crippen molar-refractivity contribution >= 4 is 17.5 Å². The minimum Gasteiger partial charge on any atom is -0.353 e. The molecular formula is C20H25N7O. The molecule has 1 atom stereocenters. The molecule has 2 aromatic heterocycles. The van der Waals surface area contributed by atoms with Crippen molar-refractivity contribution in [1.82, 2.24) is 19.7 Å². The maximum absolute atomic E-state index is 13.2. The summed E-state index contributed by atoms with van der Waals surface area (Å²) >= 11 is 0. The van der Waals surface area contributed by atoms with Crippen LogP contribution in [0.4, 0.5) is 11.6 Å². The van der Waals surface area contributed by atoms with Gasteiger partial charge in [-0.25, -0.2) is 4.98 Å². The predicted octanol–water partition coefficient (Wildman–Crippen LogP) is 1.31. The summed E-state index contributed by atoms with van der Waals surface area (Å²) < 4.78 is 1.79. The van der Waals surface area contributed by atoms with E-state index in [9.17, 15) is 10.1 Å². The van der Waals surface area contributed by atoms with Crippen molar-refractivity contribution in [2.75, 3.05) is 42.5 Å². The average molecular weight is 379 g/mol. The van der Waals surface area contributed by atoms with Gasteiger partial charge in [0.1, 0.15) is 17.7 Å². The first-order valence-electron chi connectivity index (χ1n) is 9.74. The Morgan fingerprint density at radius 1 is 1.21 bits per heavy atom. The van der Waals surface area contributed by atoms with Crippen molar-refractivity contribution in [2.24, 2.45) is 7.05 Å². The molecule has 4 rings (SSSR count). The second-order valence-corrected chi connectivity index (χ2v) is 7.42. The van der Waals surface area contributed by atoms with Crippen molar-refractivity contribution in [3.05, 3.63) is 35.7 Å². The first-order valence-corrected chi connectivity index (χ1v) is 9.74. The second kappa shape index (κ2) is 7.60. The van der Waals surface area contributed by atoms with Gasteiger partial charge in [-0.3, -0.25) is 19.3 Å². The highest BCUT2D eigenvalue weighted by atomic mass is 16.2. The number of nitriles is 1. The minimum absolute atomic E-state index is 0.0923. The molecule has 2 saturated heterocycles. The van der Waals surface area contributed by atoms with E-state index in [1.54, 1.807) is 23.0 Å². The van der Waals surface area contributed by atoms with Crippen LogP contribution in [0.3, 0.4) is 0 Å². The molecule has 1 amide bonds. The van der Waals surface area contributed by atoms with E-state index in [4.69, 9.17) is 0 Å². The molecule has 2 fully saturated rings. The lowest BCUT2D eigenvalue weighted by Gasteiger charge is -2.42. The fraction of sp³-hybridized carbons (Fsp3) is 0.500. The Morgan fingerprint density at radius 3 is 2.68 bits per heavy atom. The third-order valence-electron chi connectivity index (χ3n) is 5.63. The second-order valence-electron chi connectivity index (χ2n) is 7.42. The topological polar surface area (TPSA) is 81.3 Å². The number of piperidine rings is 1. The number of pyridine rings is 1. The van der Waals surface area contributed by atoms with Crippen molar-refractivity contribution < 1.29 is 4.79 Å². The Morgan fingerprint density at radius 2 is 2.00 bits per heavy atom. The van der Waals surface area contributed by atoms with Crippen molar-refractivity contribution in [2.45, 2.75) is 25.8 Å². The zero-order chi connectivity index (χ0) is 19.7. The van der Waals surface area contributed by atoms with Crippen LogP contribution in [0.25, 0.3) is 0 Å². The van der Waals surface area contributed by atoms with Crippen LogP contribution in [0, 0.1) is 18.3 Å². The van der Waals surface area contributed by atoms with Gasteiger partial charge in [0.25, 0.3) is 0 Å². The number of hydrogen-bond donors (Lipinski definition) is 0. The summed E-state index contributed by atoms with van der Waals surface area (Å²) in [6.07, 6.45) is 3.60. The summed E-state index contributed by atoms with van der Waals surface area (Å²) in [7, 11) is 1.89. The number of rotatable bonds is 3. The molecule has 0 saturated carbocycles. The van der Waals surface area contributed by atoms with E-state index in [1.165, 1.54) is 0 Å². The molecule has 0 aromatic carbocycles. The standard InChI is InChI=1S/C20H25N7O/c1-15-13-18(24(2)23-15)27-8-4-6-17(20(27)28)25-9-11-26(12-10-25)19-16(14-21)5-3-7-22-19/h3,5,7,13,17H,4,6,8-12H2,1-2H3/t17-/m1/s1. The zero-order valence-corrected chi connectivity index (χ0v) is 16.4. The number of amides is 1. The first kappa shape index (κ1) is 18.4. The van der Waals surface area contributed by atoms with Gasteiger partial charge in [-0.05, 0) is 31.9 Å². The van der Waals surface area contributed by atoms with Gasteiger partial charge in [0, 0.05) is 52.0 Å². The van der Waals surface area contributed by atoms with Crippen LogP contribution in [0.1, 0.15) is 24.1 Å². The quantitative estimate of drug-likeness (QED) is 0.800. The highest BCUT2D eigenvalue weighted by Crippen LogP contribution is 2.26. The lowest BCUT2D eigenvalue weighted by atomic mass is 10.0. The molecule has 0 aliphatic carbocycles. The molecule has 8 nitrogen and oxygen atoms in total. The normalized spacial score (nSPS) is 21.0. The molecule has 146 valence electrons.